The summed E-state index contributed by atoms with van der Waals surface area (Å²) < 4.78 is 5.64. The number of pyridine rings is 1. The summed E-state index contributed by atoms with van der Waals surface area (Å²) in [6.45, 7) is 2.01. The molecule has 2 rings (SSSR count). The molecule has 0 aliphatic carbocycles. The molecule has 0 aliphatic rings. The number of nitrogen functional groups attached to an aromatic ring is 1. The predicted molar refractivity (Wildman–Crippen MR) is 66.5 cm³/mol. The molecule has 0 bridgehead atoms. The zero-order valence-corrected chi connectivity index (χ0v) is 9.47. The molecule has 0 unspecified atom stereocenters. The van der Waals surface area contributed by atoms with E-state index >= 15 is 0 Å². The largest absolute Gasteiger partial charge is 0.455 e. The Bertz CT molecular complexity index is 535. The lowest BCUT2D eigenvalue weighted by atomic mass is 10.2. The Morgan fingerprint density at radius 3 is 2.59 bits per heavy atom. The van der Waals surface area contributed by atoms with Crippen molar-refractivity contribution < 1.29 is 4.74 Å². The van der Waals surface area contributed by atoms with E-state index in [1.807, 2.05) is 31.2 Å². The third-order valence-electron chi connectivity index (χ3n) is 2.32. The molecule has 0 spiro atoms. The van der Waals surface area contributed by atoms with Crippen molar-refractivity contribution in [3.63, 3.8) is 0 Å². The summed E-state index contributed by atoms with van der Waals surface area (Å²) in [5.41, 5.74) is 7.17. The van der Waals surface area contributed by atoms with Crippen LogP contribution in [0.4, 0.5) is 0 Å². The van der Waals surface area contributed by atoms with E-state index in [9.17, 15) is 0 Å². The number of nitrogens with one attached hydrogen (secondary N) is 1. The van der Waals surface area contributed by atoms with Crippen LogP contribution in [0.3, 0.4) is 0 Å². The maximum absolute atomic E-state index is 7.45. The van der Waals surface area contributed by atoms with Crippen LogP contribution in [0, 0.1) is 12.3 Å². The second kappa shape index (κ2) is 4.65. The number of nitrogens with two attached hydrogens (primary N) is 1. The molecule has 0 saturated heterocycles. The van der Waals surface area contributed by atoms with Gasteiger partial charge in [0, 0.05) is 6.20 Å². The highest BCUT2D eigenvalue weighted by Gasteiger charge is 2.07. The standard InChI is InChI=1S/C13H13N3O/c1-9-2-4-10(5-3-9)17-12-8-16-7-6-11(12)13(14)15/h2-8H,1H3,(H3,14,15). The number of aryl methyl sites for hydroxylation is 1. The number of benzene rings is 1. The van der Waals surface area contributed by atoms with E-state index in [-0.39, 0.29) is 5.84 Å². The fourth-order valence-corrected chi connectivity index (χ4v) is 1.42. The molecule has 0 fully saturated rings. The Morgan fingerprint density at radius 2 is 1.94 bits per heavy atom. The van der Waals surface area contributed by atoms with Crippen molar-refractivity contribution in [2.75, 3.05) is 0 Å². The summed E-state index contributed by atoms with van der Waals surface area (Å²) >= 11 is 0. The van der Waals surface area contributed by atoms with Crippen LogP contribution in [-0.4, -0.2) is 10.8 Å². The molecule has 0 aliphatic heterocycles. The van der Waals surface area contributed by atoms with Gasteiger partial charge < -0.3 is 10.5 Å². The normalized spacial score (nSPS) is 9.94. The number of hydrogen-bond acceptors (Lipinski definition) is 3. The van der Waals surface area contributed by atoms with Crippen molar-refractivity contribution in [1.82, 2.24) is 4.98 Å². The Morgan fingerprint density at radius 1 is 1.24 bits per heavy atom. The van der Waals surface area contributed by atoms with Gasteiger partial charge >= 0.3 is 0 Å². The summed E-state index contributed by atoms with van der Waals surface area (Å²) in [5, 5.41) is 7.45. The monoisotopic (exact) mass is 227 g/mol. The third-order valence-corrected chi connectivity index (χ3v) is 2.32. The van der Waals surface area contributed by atoms with Gasteiger partial charge in [0.05, 0.1) is 11.8 Å². The van der Waals surface area contributed by atoms with E-state index in [2.05, 4.69) is 4.98 Å². The van der Waals surface area contributed by atoms with Crippen molar-refractivity contribution in [2.45, 2.75) is 6.92 Å². The second-order valence-corrected chi connectivity index (χ2v) is 3.70. The molecule has 0 atom stereocenters. The van der Waals surface area contributed by atoms with Crippen LogP contribution in [0.5, 0.6) is 11.5 Å². The molecule has 86 valence electrons. The number of hydrogen-bond donors (Lipinski definition) is 2. The van der Waals surface area contributed by atoms with E-state index in [0.717, 1.165) is 5.56 Å². The van der Waals surface area contributed by atoms with Crippen LogP contribution in [0.15, 0.2) is 42.7 Å². The van der Waals surface area contributed by atoms with Gasteiger partial charge in [-0.1, -0.05) is 17.7 Å². The van der Waals surface area contributed by atoms with Crippen LogP contribution in [0.2, 0.25) is 0 Å². The number of ether oxygens (including phenoxy) is 1. The fourth-order valence-electron chi connectivity index (χ4n) is 1.42. The smallest absolute Gasteiger partial charge is 0.156 e. The summed E-state index contributed by atoms with van der Waals surface area (Å²) in [4.78, 5) is 3.96. The minimum atomic E-state index is -0.0329. The first-order valence-electron chi connectivity index (χ1n) is 5.20. The molecular weight excluding hydrogens is 214 g/mol. The highest BCUT2D eigenvalue weighted by atomic mass is 16.5. The van der Waals surface area contributed by atoms with Gasteiger partial charge in [-0.2, -0.15) is 0 Å². The van der Waals surface area contributed by atoms with Crippen LogP contribution < -0.4 is 10.5 Å². The lowest BCUT2D eigenvalue weighted by Crippen LogP contribution is -2.12. The Labute approximate surface area is 99.6 Å². The molecule has 17 heavy (non-hydrogen) atoms. The van der Waals surface area contributed by atoms with Crippen LogP contribution in [0.1, 0.15) is 11.1 Å². The van der Waals surface area contributed by atoms with Gasteiger partial charge in [0.25, 0.3) is 0 Å². The number of nitrogens with zero attached hydrogens (tertiary/aromatic N) is 1. The lowest BCUT2D eigenvalue weighted by molar-refractivity contribution is 0.479. The molecule has 3 N–H and O–H groups in total. The highest BCUT2D eigenvalue weighted by Crippen LogP contribution is 2.24. The first-order chi connectivity index (χ1) is 8.16. The van der Waals surface area contributed by atoms with Gasteiger partial charge in [-0.3, -0.25) is 10.4 Å². The molecule has 1 aromatic heterocycles. The Balaban J connectivity index is 2.30. The number of rotatable bonds is 3. The van der Waals surface area contributed by atoms with E-state index in [1.54, 1.807) is 18.5 Å². The third kappa shape index (κ3) is 2.60. The van der Waals surface area contributed by atoms with Gasteiger partial charge in [0.1, 0.15) is 11.6 Å². The first kappa shape index (κ1) is 11.1. The van der Waals surface area contributed by atoms with Crippen molar-refractivity contribution in [3.8, 4) is 11.5 Å². The summed E-state index contributed by atoms with van der Waals surface area (Å²) in [6.07, 6.45) is 3.13. The first-order valence-corrected chi connectivity index (χ1v) is 5.20. The molecule has 0 radical (unpaired) electrons. The fraction of sp³-hybridized carbons (Fsp3) is 0.0769. The molecule has 0 amide bonds. The molecule has 1 heterocycles. The SMILES string of the molecule is Cc1ccc(Oc2cnccc2C(=N)N)cc1. The maximum atomic E-state index is 7.45. The zero-order chi connectivity index (χ0) is 12.3. The van der Waals surface area contributed by atoms with Crippen LogP contribution >= 0.6 is 0 Å². The van der Waals surface area contributed by atoms with E-state index in [1.165, 1.54) is 0 Å². The van der Waals surface area contributed by atoms with E-state index in [0.29, 0.717) is 17.1 Å². The minimum absolute atomic E-state index is 0.0329. The second-order valence-electron chi connectivity index (χ2n) is 3.70. The van der Waals surface area contributed by atoms with Crippen molar-refractivity contribution in [1.29, 1.82) is 5.41 Å². The summed E-state index contributed by atoms with van der Waals surface area (Å²) in [5.74, 6) is 1.16. The van der Waals surface area contributed by atoms with Crippen LogP contribution in [-0.2, 0) is 0 Å². The van der Waals surface area contributed by atoms with Crippen molar-refractivity contribution in [2.24, 2.45) is 5.73 Å². The number of amidine groups is 1. The summed E-state index contributed by atoms with van der Waals surface area (Å²) in [6, 6.07) is 9.31. The quantitative estimate of drug-likeness (QED) is 0.625. The van der Waals surface area contributed by atoms with Gasteiger partial charge in [-0.15, -0.1) is 0 Å². The lowest BCUT2D eigenvalue weighted by Gasteiger charge is -2.09. The Hall–Kier alpha value is -2.36. The zero-order valence-electron chi connectivity index (χ0n) is 9.47. The van der Waals surface area contributed by atoms with Gasteiger partial charge in [-0.05, 0) is 25.1 Å². The molecule has 4 heteroatoms. The van der Waals surface area contributed by atoms with Crippen molar-refractivity contribution >= 4 is 5.84 Å². The molecule has 2 aromatic rings. The number of aromatic nitrogens is 1. The Kier molecular flexibility index (Phi) is 3.05. The van der Waals surface area contributed by atoms with E-state index < -0.39 is 0 Å². The highest BCUT2D eigenvalue weighted by molar-refractivity contribution is 5.97. The molecule has 0 saturated carbocycles. The average molecular weight is 227 g/mol. The molecule has 1 aromatic carbocycles. The van der Waals surface area contributed by atoms with Gasteiger partial charge in [0.2, 0.25) is 0 Å². The van der Waals surface area contributed by atoms with Crippen LogP contribution in [0.25, 0.3) is 0 Å². The van der Waals surface area contributed by atoms with E-state index in [4.69, 9.17) is 15.9 Å². The molecular formula is C13H13N3O. The predicted octanol–water partition coefficient (Wildman–Crippen LogP) is 2.47. The summed E-state index contributed by atoms with van der Waals surface area (Å²) in [7, 11) is 0. The van der Waals surface area contributed by atoms with Gasteiger partial charge in [-0.25, -0.2) is 0 Å². The van der Waals surface area contributed by atoms with Gasteiger partial charge in [0.15, 0.2) is 5.75 Å². The maximum Gasteiger partial charge on any atom is 0.156 e. The van der Waals surface area contributed by atoms with Crippen molar-refractivity contribution in [3.05, 3.63) is 53.9 Å². The minimum Gasteiger partial charge on any atom is -0.455 e. The molecule has 4 nitrogen and oxygen atoms in total. The average Bonchev–Trinajstić information content (AvgIpc) is 2.32. The topological polar surface area (TPSA) is 72.0 Å².